The van der Waals surface area contributed by atoms with E-state index in [0.717, 1.165) is 12.1 Å². The second-order valence-corrected chi connectivity index (χ2v) is 5.53. The Labute approximate surface area is 143 Å². The lowest BCUT2D eigenvalue weighted by Crippen LogP contribution is -2.33. The fraction of sp³-hybridized carbons (Fsp3) is 0.500. The number of alkyl halides is 3. The minimum atomic E-state index is -4.44. The smallest absolute Gasteiger partial charge is 0.408 e. The van der Waals surface area contributed by atoms with E-state index in [9.17, 15) is 18.0 Å². The van der Waals surface area contributed by atoms with E-state index in [4.69, 9.17) is 11.6 Å². The highest BCUT2D eigenvalue weighted by Crippen LogP contribution is 2.34. The van der Waals surface area contributed by atoms with Gasteiger partial charge in [-0.1, -0.05) is 37.6 Å². The van der Waals surface area contributed by atoms with Gasteiger partial charge in [-0.2, -0.15) is 13.2 Å². The minimum absolute atomic E-state index is 0.0666. The average molecular weight is 373 g/mol. The molecule has 1 unspecified atom stereocenters. The molecule has 1 atom stereocenters. The van der Waals surface area contributed by atoms with Gasteiger partial charge in [-0.3, -0.25) is 4.79 Å². The van der Waals surface area contributed by atoms with Gasteiger partial charge in [0, 0.05) is 23.7 Å². The summed E-state index contributed by atoms with van der Waals surface area (Å²) in [6.45, 7) is 4.69. The topological polar surface area (TPSA) is 41.6 Å². The Morgan fingerprint density at radius 2 is 1.91 bits per heavy atom. The average Bonchev–Trinajstić information content (AvgIpc) is 2.50. The third kappa shape index (κ3) is 9.04. The summed E-state index contributed by atoms with van der Waals surface area (Å²) >= 11 is 6.47. The summed E-state index contributed by atoms with van der Waals surface area (Å²) in [4.78, 5) is 9.97. The van der Waals surface area contributed by atoms with Crippen LogP contribution < -0.4 is 4.72 Å². The van der Waals surface area contributed by atoms with Crippen molar-refractivity contribution in [3.63, 3.8) is 0 Å². The van der Waals surface area contributed by atoms with Crippen LogP contribution in [0.2, 0.25) is 5.02 Å². The number of nitrogens with zero attached hydrogens (tertiary/aromatic N) is 1. The van der Waals surface area contributed by atoms with Crippen molar-refractivity contribution < 1.29 is 22.7 Å². The van der Waals surface area contributed by atoms with Gasteiger partial charge < -0.3 is 4.74 Å². The molecular weight excluding hydrogens is 353 g/mol. The van der Waals surface area contributed by atoms with Crippen LogP contribution in [-0.4, -0.2) is 37.2 Å². The van der Waals surface area contributed by atoms with Crippen molar-refractivity contribution >= 4 is 30.2 Å². The first-order valence-corrected chi connectivity index (χ1v) is 8.00. The van der Waals surface area contributed by atoms with Gasteiger partial charge in [0.15, 0.2) is 0 Å². The highest BCUT2D eigenvalue weighted by atomic mass is 35.5. The number of carbonyl (C=O) groups excluding carboxylic acids is 1. The van der Waals surface area contributed by atoms with Gasteiger partial charge in [0.1, 0.15) is 12.6 Å². The molecule has 0 spiro atoms. The molecule has 0 aromatic heterocycles. The molecule has 0 saturated heterocycles. The fourth-order valence-electron chi connectivity index (χ4n) is 1.40. The molecule has 0 bridgehead atoms. The SMILES string of the molecule is CC.CN(CCOC=O)SNC(c1ccc(Cl)cc1)C(F)(F)F. The summed E-state index contributed by atoms with van der Waals surface area (Å²) in [6, 6.07) is 3.63. The number of carbonyl (C=O) groups is 1. The number of ether oxygens (including phenoxy) is 1. The molecule has 23 heavy (non-hydrogen) atoms. The number of benzene rings is 1. The lowest BCUT2D eigenvalue weighted by atomic mass is 10.1. The van der Waals surface area contributed by atoms with Gasteiger partial charge in [0.2, 0.25) is 0 Å². The van der Waals surface area contributed by atoms with E-state index >= 15 is 0 Å². The molecule has 0 aliphatic heterocycles. The summed E-state index contributed by atoms with van der Waals surface area (Å²) < 4.78 is 47.5. The number of hydrogen-bond acceptors (Lipinski definition) is 5. The minimum Gasteiger partial charge on any atom is -0.466 e. The van der Waals surface area contributed by atoms with Crippen LogP contribution in [0.15, 0.2) is 24.3 Å². The summed E-state index contributed by atoms with van der Waals surface area (Å²) in [5.74, 6) is 0. The molecule has 0 aliphatic carbocycles. The van der Waals surface area contributed by atoms with Crippen LogP contribution >= 0.6 is 23.7 Å². The standard InChI is InChI=1S/C12H14ClF3N2O2S.C2H6/c1-18(6-7-20-8-19)21-17-11(12(14,15)16)9-2-4-10(13)5-3-9;1-2/h2-5,8,11,17H,6-7H2,1H3;1-2H3. The van der Waals surface area contributed by atoms with Crippen molar-refractivity contribution in [1.82, 2.24) is 9.03 Å². The van der Waals surface area contributed by atoms with Gasteiger partial charge in [-0.25, -0.2) is 9.03 Å². The van der Waals surface area contributed by atoms with Crippen LogP contribution in [0.1, 0.15) is 25.5 Å². The number of nitrogens with one attached hydrogen (secondary N) is 1. The summed E-state index contributed by atoms with van der Waals surface area (Å²) in [5.41, 5.74) is 0.0666. The summed E-state index contributed by atoms with van der Waals surface area (Å²) in [5, 5.41) is 0.371. The van der Waals surface area contributed by atoms with Crippen molar-refractivity contribution in [3.8, 4) is 0 Å². The zero-order chi connectivity index (χ0) is 17.9. The van der Waals surface area contributed by atoms with Crippen LogP contribution in [0.25, 0.3) is 0 Å². The lowest BCUT2D eigenvalue weighted by molar-refractivity contribution is -0.152. The first kappa shape index (κ1) is 22.0. The van der Waals surface area contributed by atoms with Crippen LogP contribution in [0, 0.1) is 0 Å². The Hall–Kier alpha value is -0.960. The molecule has 0 amide bonds. The maximum absolute atomic E-state index is 13.1. The first-order valence-electron chi connectivity index (χ1n) is 6.85. The van der Waals surface area contributed by atoms with Crippen LogP contribution in [-0.2, 0) is 9.53 Å². The Morgan fingerprint density at radius 3 is 2.39 bits per heavy atom. The molecule has 9 heteroatoms. The van der Waals surface area contributed by atoms with Gasteiger partial charge in [-0.15, -0.1) is 0 Å². The number of rotatable bonds is 8. The normalized spacial score (nSPS) is 12.3. The lowest BCUT2D eigenvalue weighted by Gasteiger charge is -2.24. The first-order chi connectivity index (χ1) is 10.8. The number of hydrogen-bond donors (Lipinski definition) is 1. The van der Waals surface area contributed by atoms with Gasteiger partial charge in [-0.05, 0) is 24.7 Å². The Kier molecular flexibility index (Phi) is 11.1. The van der Waals surface area contributed by atoms with E-state index in [0.29, 0.717) is 11.6 Å². The van der Waals surface area contributed by atoms with Crippen LogP contribution in [0.5, 0.6) is 0 Å². The second-order valence-electron chi connectivity index (χ2n) is 4.05. The Balaban J connectivity index is 0.00000232. The summed E-state index contributed by atoms with van der Waals surface area (Å²) in [7, 11) is 1.58. The van der Waals surface area contributed by atoms with Crippen molar-refractivity contribution in [2.24, 2.45) is 0 Å². The molecule has 1 aromatic rings. The monoisotopic (exact) mass is 372 g/mol. The van der Waals surface area contributed by atoms with E-state index in [1.165, 1.54) is 28.6 Å². The second kappa shape index (κ2) is 11.6. The van der Waals surface area contributed by atoms with Crippen LogP contribution in [0.4, 0.5) is 13.2 Å². The highest BCUT2D eigenvalue weighted by Gasteiger charge is 2.41. The van der Waals surface area contributed by atoms with Gasteiger partial charge >= 0.3 is 6.18 Å². The number of likely N-dealkylation sites (N-methyl/N-ethyl adjacent to an activating group) is 1. The Morgan fingerprint density at radius 1 is 1.35 bits per heavy atom. The third-order valence-corrected chi connectivity index (χ3v) is 3.54. The van der Waals surface area contributed by atoms with E-state index in [1.807, 2.05) is 13.8 Å². The molecule has 1 aromatic carbocycles. The predicted molar refractivity (Wildman–Crippen MR) is 87.0 cm³/mol. The maximum atomic E-state index is 13.1. The Bertz CT molecular complexity index is 447. The highest BCUT2D eigenvalue weighted by molar-refractivity contribution is 7.95. The van der Waals surface area contributed by atoms with Crippen LogP contribution in [0.3, 0.4) is 0 Å². The molecule has 132 valence electrons. The molecule has 1 N–H and O–H groups in total. The molecule has 0 fully saturated rings. The predicted octanol–water partition coefficient (Wildman–Crippen LogP) is 4.23. The molecule has 0 radical (unpaired) electrons. The van der Waals surface area contributed by atoms with E-state index in [-0.39, 0.29) is 18.6 Å². The fourth-order valence-corrected chi connectivity index (χ4v) is 2.24. The van der Waals surface area contributed by atoms with Crippen molar-refractivity contribution in [2.75, 3.05) is 20.2 Å². The van der Waals surface area contributed by atoms with Crippen molar-refractivity contribution in [1.29, 1.82) is 0 Å². The van der Waals surface area contributed by atoms with E-state index in [2.05, 4.69) is 9.46 Å². The molecule has 4 nitrogen and oxygen atoms in total. The van der Waals surface area contributed by atoms with E-state index < -0.39 is 12.2 Å². The zero-order valence-electron chi connectivity index (χ0n) is 13.1. The quantitative estimate of drug-likeness (QED) is 0.420. The molecule has 0 aliphatic rings. The van der Waals surface area contributed by atoms with E-state index in [1.54, 1.807) is 7.05 Å². The largest absolute Gasteiger partial charge is 0.466 e. The zero-order valence-corrected chi connectivity index (χ0v) is 14.6. The van der Waals surface area contributed by atoms with Crippen molar-refractivity contribution in [2.45, 2.75) is 26.1 Å². The molecule has 0 saturated carbocycles. The molecule has 1 rings (SSSR count). The molecule has 0 heterocycles. The third-order valence-electron chi connectivity index (χ3n) is 2.45. The maximum Gasteiger partial charge on any atom is 0.408 e. The van der Waals surface area contributed by atoms with Crippen molar-refractivity contribution in [3.05, 3.63) is 34.9 Å². The van der Waals surface area contributed by atoms with Gasteiger partial charge in [0.05, 0.1) is 0 Å². The molecular formula is C14H20ClF3N2O2S. The van der Waals surface area contributed by atoms with Gasteiger partial charge in [0.25, 0.3) is 6.47 Å². The number of halogens is 4. The summed E-state index contributed by atoms with van der Waals surface area (Å²) in [6.07, 6.45) is -4.44.